The number of benzene rings is 2. The van der Waals surface area contributed by atoms with Crippen molar-refractivity contribution in [2.24, 2.45) is 0 Å². The molecule has 0 aliphatic rings. The van der Waals surface area contributed by atoms with Crippen molar-refractivity contribution in [3.8, 4) is 5.75 Å². The first-order chi connectivity index (χ1) is 8.54. The smallest absolute Gasteiger partial charge is 0.165 e. The van der Waals surface area contributed by atoms with Crippen molar-refractivity contribution in [2.75, 3.05) is 0 Å². The Kier molecular flexibility index (Phi) is 3.66. The summed E-state index contributed by atoms with van der Waals surface area (Å²) in [4.78, 5) is 0. The van der Waals surface area contributed by atoms with Gasteiger partial charge < -0.3 is 4.74 Å². The van der Waals surface area contributed by atoms with E-state index in [0.29, 0.717) is 12.4 Å². The van der Waals surface area contributed by atoms with Gasteiger partial charge in [-0.3, -0.25) is 0 Å². The van der Waals surface area contributed by atoms with Gasteiger partial charge in [0.2, 0.25) is 0 Å². The van der Waals surface area contributed by atoms with Crippen LogP contribution in [0, 0.1) is 26.6 Å². The molecule has 0 radical (unpaired) electrons. The van der Waals surface area contributed by atoms with Crippen molar-refractivity contribution in [1.82, 2.24) is 0 Å². The van der Waals surface area contributed by atoms with Gasteiger partial charge in [0.15, 0.2) is 11.6 Å². The van der Waals surface area contributed by atoms with Crippen molar-refractivity contribution in [3.63, 3.8) is 0 Å². The van der Waals surface area contributed by atoms with Crippen molar-refractivity contribution in [2.45, 2.75) is 27.4 Å². The Bertz CT molecular complexity index is 541. The number of halogens is 1. The molecule has 0 bridgehead atoms. The predicted molar refractivity (Wildman–Crippen MR) is 71.4 cm³/mol. The average molecular weight is 244 g/mol. The molecule has 0 aliphatic carbocycles. The van der Waals surface area contributed by atoms with Gasteiger partial charge in [0.25, 0.3) is 0 Å². The Morgan fingerprint density at radius 1 is 0.889 bits per heavy atom. The lowest BCUT2D eigenvalue weighted by Gasteiger charge is -2.09. The van der Waals surface area contributed by atoms with Crippen LogP contribution in [0.2, 0.25) is 0 Å². The third-order valence-corrected chi connectivity index (χ3v) is 2.76. The van der Waals surface area contributed by atoms with Crippen LogP contribution in [0.25, 0.3) is 0 Å². The fraction of sp³-hybridized carbons (Fsp3) is 0.250. The Morgan fingerprint density at radius 3 is 2.22 bits per heavy atom. The maximum Gasteiger partial charge on any atom is 0.165 e. The molecule has 1 nitrogen and oxygen atoms in total. The SMILES string of the molecule is Cc1cc(C)cc(COc2cc(C)ccc2F)c1. The molecule has 0 saturated heterocycles. The van der Waals surface area contributed by atoms with E-state index in [-0.39, 0.29) is 5.82 Å². The molecule has 0 heterocycles. The Balaban J connectivity index is 2.13. The topological polar surface area (TPSA) is 9.23 Å². The van der Waals surface area contributed by atoms with Crippen molar-refractivity contribution in [3.05, 3.63) is 64.5 Å². The lowest BCUT2D eigenvalue weighted by atomic mass is 10.1. The van der Waals surface area contributed by atoms with E-state index in [1.165, 1.54) is 17.2 Å². The molecule has 94 valence electrons. The molecule has 2 heteroatoms. The van der Waals surface area contributed by atoms with E-state index < -0.39 is 0 Å². The van der Waals surface area contributed by atoms with Crippen LogP contribution < -0.4 is 4.74 Å². The highest BCUT2D eigenvalue weighted by Gasteiger charge is 2.04. The minimum atomic E-state index is -0.315. The fourth-order valence-electron chi connectivity index (χ4n) is 2.03. The van der Waals surface area contributed by atoms with E-state index >= 15 is 0 Å². The van der Waals surface area contributed by atoms with Gasteiger partial charge in [-0.05, 0) is 44.0 Å². The summed E-state index contributed by atoms with van der Waals surface area (Å²) in [6, 6.07) is 11.1. The molecule has 0 aliphatic heterocycles. The van der Waals surface area contributed by atoms with Crippen molar-refractivity contribution < 1.29 is 9.13 Å². The van der Waals surface area contributed by atoms with Crippen LogP contribution in [0.3, 0.4) is 0 Å². The van der Waals surface area contributed by atoms with Crippen molar-refractivity contribution in [1.29, 1.82) is 0 Å². The Hall–Kier alpha value is -1.83. The summed E-state index contributed by atoms with van der Waals surface area (Å²) < 4.78 is 19.0. The summed E-state index contributed by atoms with van der Waals surface area (Å²) in [5, 5.41) is 0. The second-order valence-electron chi connectivity index (χ2n) is 4.72. The third-order valence-electron chi connectivity index (χ3n) is 2.76. The van der Waals surface area contributed by atoms with E-state index in [1.807, 2.05) is 20.8 Å². The molecule has 2 aromatic rings. The molecule has 2 rings (SSSR count). The average Bonchev–Trinajstić information content (AvgIpc) is 2.29. The Morgan fingerprint density at radius 2 is 1.56 bits per heavy atom. The summed E-state index contributed by atoms with van der Waals surface area (Å²) in [5.41, 5.74) is 4.44. The first-order valence-corrected chi connectivity index (χ1v) is 6.01. The van der Waals surface area contributed by atoms with E-state index in [9.17, 15) is 4.39 Å². The van der Waals surface area contributed by atoms with Gasteiger partial charge in [-0.15, -0.1) is 0 Å². The second-order valence-corrected chi connectivity index (χ2v) is 4.72. The van der Waals surface area contributed by atoms with Crippen LogP contribution in [0.1, 0.15) is 22.3 Å². The van der Waals surface area contributed by atoms with Crippen LogP contribution in [0.5, 0.6) is 5.75 Å². The molecule has 0 aromatic heterocycles. The highest BCUT2D eigenvalue weighted by molar-refractivity contribution is 5.31. The van der Waals surface area contributed by atoms with Gasteiger partial charge in [0, 0.05) is 0 Å². The van der Waals surface area contributed by atoms with Gasteiger partial charge in [-0.2, -0.15) is 0 Å². The quantitative estimate of drug-likeness (QED) is 0.780. The third kappa shape index (κ3) is 3.10. The summed E-state index contributed by atoms with van der Waals surface area (Å²) in [6.07, 6.45) is 0. The molecular formula is C16H17FO. The van der Waals surface area contributed by atoms with Crippen LogP contribution in [0.4, 0.5) is 4.39 Å². The highest BCUT2D eigenvalue weighted by atomic mass is 19.1. The minimum Gasteiger partial charge on any atom is -0.486 e. The second kappa shape index (κ2) is 5.21. The molecule has 2 aromatic carbocycles. The Labute approximate surface area is 107 Å². The normalized spacial score (nSPS) is 10.4. The molecule has 0 unspecified atom stereocenters. The molecule has 0 spiro atoms. The number of rotatable bonds is 3. The zero-order chi connectivity index (χ0) is 13.1. The largest absolute Gasteiger partial charge is 0.486 e. The number of ether oxygens (including phenoxy) is 1. The van der Waals surface area contributed by atoms with E-state index in [1.54, 1.807) is 12.1 Å². The van der Waals surface area contributed by atoms with Gasteiger partial charge >= 0.3 is 0 Å². The first-order valence-electron chi connectivity index (χ1n) is 6.01. The maximum absolute atomic E-state index is 13.5. The van der Waals surface area contributed by atoms with Gasteiger partial charge in [0.1, 0.15) is 6.61 Å². The maximum atomic E-state index is 13.5. The van der Waals surface area contributed by atoms with Crippen LogP contribution in [-0.2, 0) is 6.61 Å². The predicted octanol–water partition coefficient (Wildman–Crippen LogP) is 4.33. The number of aryl methyl sites for hydroxylation is 3. The highest BCUT2D eigenvalue weighted by Crippen LogP contribution is 2.20. The van der Waals surface area contributed by atoms with E-state index in [4.69, 9.17) is 4.74 Å². The fourth-order valence-corrected chi connectivity index (χ4v) is 2.03. The molecule has 0 N–H and O–H groups in total. The molecule has 0 fully saturated rings. The number of hydrogen-bond acceptors (Lipinski definition) is 1. The lowest BCUT2D eigenvalue weighted by molar-refractivity contribution is 0.290. The standard InChI is InChI=1S/C16H17FO/c1-11-4-5-15(17)16(9-11)18-10-14-7-12(2)6-13(3)8-14/h4-9H,10H2,1-3H3. The summed E-state index contributed by atoms with van der Waals surface area (Å²) in [7, 11) is 0. The van der Waals surface area contributed by atoms with Gasteiger partial charge in [0.05, 0.1) is 0 Å². The first kappa shape index (κ1) is 12.6. The zero-order valence-electron chi connectivity index (χ0n) is 11.0. The molecule has 18 heavy (non-hydrogen) atoms. The minimum absolute atomic E-state index is 0.314. The molecule has 0 atom stereocenters. The summed E-state index contributed by atoms with van der Waals surface area (Å²) in [5.74, 6) is -0.000802. The van der Waals surface area contributed by atoms with Crippen LogP contribution in [-0.4, -0.2) is 0 Å². The molecular weight excluding hydrogens is 227 g/mol. The summed E-state index contributed by atoms with van der Waals surface area (Å²) >= 11 is 0. The van der Waals surface area contributed by atoms with Crippen molar-refractivity contribution >= 4 is 0 Å². The monoisotopic (exact) mass is 244 g/mol. The lowest BCUT2D eigenvalue weighted by Crippen LogP contribution is -1.98. The number of hydrogen-bond donors (Lipinski definition) is 0. The summed E-state index contributed by atoms with van der Waals surface area (Å²) in [6.45, 7) is 6.40. The van der Waals surface area contributed by atoms with Crippen LogP contribution >= 0.6 is 0 Å². The zero-order valence-corrected chi connectivity index (χ0v) is 11.0. The van der Waals surface area contributed by atoms with Gasteiger partial charge in [-0.1, -0.05) is 35.4 Å². The van der Waals surface area contributed by atoms with Crippen LogP contribution in [0.15, 0.2) is 36.4 Å². The van der Waals surface area contributed by atoms with E-state index in [2.05, 4.69) is 18.2 Å². The molecule has 0 saturated carbocycles. The van der Waals surface area contributed by atoms with Gasteiger partial charge in [-0.25, -0.2) is 4.39 Å². The molecule has 0 amide bonds. The van der Waals surface area contributed by atoms with E-state index in [0.717, 1.165) is 11.1 Å².